The fraction of sp³-hybridized carbons (Fsp3) is 0.538. The van der Waals surface area contributed by atoms with Crippen molar-refractivity contribution in [1.82, 2.24) is 10.2 Å². The van der Waals surface area contributed by atoms with E-state index in [2.05, 4.69) is 28.6 Å². The molecule has 2 nitrogen and oxygen atoms in total. The Morgan fingerprint density at radius 1 is 1.29 bits per heavy atom. The second-order valence-corrected chi connectivity index (χ2v) is 5.66. The normalized spacial score (nSPS) is 17.3. The summed E-state index contributed by atoms with van der Waals surface area (Å²) >= 11 is 7.86. The Hall–Kier alpha value is -0.220. The summed E-state index contributed by atoms with van der Waals surface area (Å²) in [5.74, 6) is 0. The Kier molecular flexibility index (Phi) is 5.16. The summed E-state index contributed by atoms with van der Waals surface area (Å²) in [6, 6.07) is 6.36. The summed E-state index contributed by atoms with van der Waals surface area (Å²) in [6.45, 7) is 5.69. The van der Waals surface area contributed by atoms with Crippen LogP contribution < -0.4 is 5.32 Å². The molecule has 0 atom stereocenters. The maximum Gasteiger partial charge on any atom is 0.0419 e. The van der Waals surface area contributed by atoms with Crippen molar-refractivity contribution in [2.45, 2.75) is 11.3 Å². The van der Waals surface area contributed by atoms with Crippen LogP contribution in [-0.2, 0) is 6.42 Å². The quantitative estimate of drug-likeness (QED) is 0.847. The molecule has 1 aliphatic heterocycles. The number of nitrogens with one attached hydrogen (secondary N) is 1. The van der Waals surface area contributed by atoms with Gasteiger partial charge in [0.1, 0.15) is 0 Å². The van der Waals surface area contributed by atoms with E-state index in [1.165, 1.54) is 10.5 Å². The van der Waals surface area contributed by atoms with E-state index in [9.17, 15) is 0 Å². The highest BCUT2D eigenvalue weighted by Crippen LogP contribution is 2.22. The second kappa shape index (κ2) is 6.64. The van der Waals surface area contributed by atoms with Crippen molar-refractivity contribution in [2.75, 3.05) is 39.0 Å². The Labute approximate surface area is 113 Å². The molecule has 94 valence electrons. The average molecular weight is 271 g/mol. The predicted octanol–water partition coefficient (Wildman–Crippen LogP) is 2.51. The monoisotopic (exact) mass is 270 g/mol. The smallest absolute Gasteiger partial charge is 0.0419 e. The van der Waals surface area contributed by atoms with Gasteiger partial charge in [0.2, 0.25) is 0 Å². The van der Waals surface area contributed by atoms with Gasteiger partial charge in [0.15, 0.2) is 0 Å². The molecule has 0 aliphatic carbocycles. The molecule has 1 aromatic carbocycles. The Balaban J connectivity index is 1.91. The maximum absolute atomic E-state index is 6.11. The van der Waals surface area contributed by atoms with Crippen LogP contribution in [0.3, 0.4) is 0 Å². The lowest BCUT2D eigenvalue weighted by molar-refractivity contribution is 0.244. The number of thioether (sulfide) groups is 1. The van der Waals surface area contributed by atoms with Gasteiger partial charge in [0.05, 0.1) is 0 Å². The van der Waals surface area contributed by atoms with E-state index in [4.69, 9.17) is 11.6 Å². The fourth-order valence-corrected chi connectivity index (χ4v) is 2.94. The molecular formula is C13H19ClN2S. The van der Waals surface area contributed by atoms with E-state index in [1.54, 1.807) is 11.8 Å². The number of benzene rings is 1. The van der Waals surface area contributed by atoms with Crippen molar-refractivity contribution in [2.24, 2.45) is 0 Å². The lowest BCUT2D eigenvalue weighted by atomic mass is 10.1. The van der Waals surface area contributed by atoms with Crippen LogP contribution in [0.2, 0.25) is 5.02 Å². The van der Waals surface area contributed by atoms with Gasteiger partial charge in [-0.2, -0.15) is 0 Å². The van der Waals surface area contributed by atoms with Crippen LogP contribution in [0.1, 0.15) is 5.56 Å². The van der Waals surface area contributed by atoms with Crippen molar-refractivity contribution in [3.63, 3.8) is 0 Å². The van der Waals surface area contributed by atoms with Crippen LogP contribution in [0.5, 0.6) is 0 Å². The lowest BCUT2D eigenvalue weighted by Gasteiger charge is -2.27. The van der Waals surface area contributed by atoms with E-state index in [0.29, 0.717) is 0 Å². The largest absolute Gasteiger partial charge is 0.314 e. The molecule has 17 heavy (non-hydrogen) atoms. The third kappa shape index (κ3) is 4.18. The molecule has 1 heterocycles. The van der Waals surface area contributed by atoms with Crippen LogP contribution in [0.15, 0.2) is 23.1 Å². The van der Waals surface area contributed by atoms with Crippen molar-refractivity contribution in [3.05, 3.63) is 28.8 Å². The lowest BCUT2D eigenvalue weighted by Crippen LogP contribution is -2.44. The molecule has 0 radical (unpaired) electrons. The summed E-state index contributed by atoms with van der Waals surface area (Å²) in [5.41, 5.74) is 1.35. The molecule has 0 spiro atoms. The van der Waals surface area contributed by atoms with E-state index >= 15 is 0 Å². The standard InChI is InChI=1S/C13H19ClN2S/c1-17-13-9-11(8-12(14)10-13)2-5-16-6-3-15-4-7-16/h8-10,15H,2-7H2,1H3. The van der Waals surface area contributed by atoms with Crippen LogP contribution in [-0.4, -0.2) is 43.9 Å². The highest BCUT2D eigenvalue weighted by molar-refractivity contribution is 7.98. The Morgan fingerprint density at radius 3 is 2.76 bits per heavy atom. The van der Waals surface area contributed by atoms with Gasteiger partial charge in [-0.05, 0) is 36.4 Å². The Bertz CT molecular complexity index is 364. The number of piperazine rings is 1. The van der Waals surface area contributed by atoms with Crippen LogP contribution in [0, 0.1) is 0 Å². The second-order valence-electron chi connectivity index (χ2n) is 4.34. The zero-order valence-corrected chi connectivity index (χ0v) is 11.8. The molecule has 1 aliphatic rings. The molecule has 1 fully saturated rings. The predicted molar refractivity (Wildman–Crippen MR) is 76.2 cm³/mol. The summed E-state index contributed by atoms with van der Waals surface area (Å²) in [4.78, 5) is 3.77. The summed E-state index contributed by atoms with van der Waals surface area (Å²) in [7, 11) is 0. The molecule has 0 aromatic heterocycles. The number of hydrogen-bond acceptors (Lipinski definition) is 3. The first kappa shape index (κ1) is 13.2. The number of nitrogens with zero attached hydrogens (tertiary/aromatic N) is 1. The minimum Gasteiger partial charge on any atom is -0.314 e. The van der Waals surface area contributed by atoms with Crippen molar-refractivity contribution >= 4 is 23.4 Å². The van der Waals surface area contributed by atoms with Gasteiger partial charge < -0.3 is 10.2 Å². The van der Waals surface area contributed by atoms with Gasteiger partial charge in [0, 0.05) is 42.6 Å². The van der Waals surface area contributed by atoms with Gasteiger partial charge >= 0.3 is 0 Å². The minimum atomic E-state index is 0.854. The summed E-state index contributed by atoms with van der Waals surface area (Å²) in [5, 5.41) is 4.23. The Morgan fingerprint density at radius 2 is 2.06 bits per heavy atom. The molecular weight excluding hydrogens is 252 g/mol. The molecule has 2 rings (SSSR count). The first-order chi connectivity index (χ1) is 8.28. The third-order valence-electron chi connectivity index (χ3n) is 3.09. The van der Waals surface area contributed by atoms with Crippen molar-refractivity contribution in [1.29, 1.82) is 0 Å². The van der Waals surface area contributed by atoms with Gasteiger partial charge in [-0.3, -0.25) is 0 Å². The first-order valence-corrected chi connectivity index (χ1v) is 7.65. The SMILES string of the molecule is CSc1cc(Cl)cc(CCN2CCNCC2)c1. The molecule has 0 unspecified atom stereocenters. The van der Waals surface area contributed by atoms with Crippen LogP contribution in [0.25, 0.3) is 0 Å². The zero-order chi connectivity index (χ0) is 12.1. The first-order valence-electron chi connectivity index (χ1n) is 6.04. The topological polar surface area (TPSA) is 15.3 Å². The van der Waals surface area contributed by atoms with Crippen LogP contribution in [0.4, 0.5) is 0 Å². The highest BCUT2D eigenvalue weighted by Gasteiger charge is 2.09. The van der Waals surface area contributed by atoms with E-state index in [0.717, 1.165) is 44.2 Å². The summed E-state index contributed by atoms with van der Waals surface area (Å²) < 4.78 is 0. The number of hydrogen-bond donors (Lipinski definition) is 1. The highest BCUT2D eigenvalue weighted by atomic mass is 35.5. The van der Waals surface area contributed by atoms with Crippen molar-refractivity contribution in [3.8, 4) is 0 Å². The van der Waals surface area contributed by atoms with Gasteiger partial charge in [-0.1, -0.05) is 11.6 Å². The number of halogens is 1. The van der Waals surface area contributed by atoms with Gasteiger partial charge in [0.25, 0.3) is 0 Å². The molecule has 1 saturated heterocycles. The summed E-state index contributed by atoms with van der Waals surface area (Å²) in [6.07, 6.45) is 3.18. The maximum atomic E-state index is 6.11. The van der Waals surface area contributed by atoms with Crippen LogP contribution >= 0.6 is 23.4 Å². The molecule has 1 N–H and O–H groups in total. The van der Waals surface area contributed by atoms with Crippen molar-refractivity contribution < 1.29 is 0 Å². The fourth-order valence-electron chi connectivity index (χ4n) is 2.10. The average Bonchev–Trinajstić information content (AvgIpc) is 2.37. The van der Waals surface area contributed by atoms with E-state index in [-0.39, 0.29) is 0 Å². The third-order valence-corrected chi connectivity index (χ3v) is 4.02. The van der Waals surface area contributed by atoms with Gasteiger partial charge in [-0.25, -0.2) is 0 Å². The molecule has 0 saturated carbocycles. The van der Waals surface area contributed by atoms with E-state index in [1.807, 2.05) is 6.07 Å². The van der Waals surface area contributed by atoms with E-state index < -0.39 is 0 Å². The molecule has 0 bridgehead atoms. The van der Waals surface area contributed by atoms with Gasteiger partial charge in [-0.15, -0.1) is 11.8 Å². The molecule has 0 amide bonds. The minimum absolute atomic E-state index is 0.854. The molecule has 1 aromatic rings. The number of rotatable bonds is 4. The zero-order valence-electron chi connectivity index (χ0n) is 10.2. The molecule has 4 heteroatoms.